The topological polar surface area (TPSA) is 112 Å². The van der Waals surface area contributed by atoms with Gasteiger partial charge in [-0.25, -0.2) is 18.1 Å². The first kappa shape index (κ1) is 15.0. The number of hydrogen-bond donors (Lipinski definition) is 3. The molecule has 0 radical (unpaired) electrons. The van der Waals surface area contributed by atoms with E-state index in [1.165, 1.54) is 6.20 Å². The lowest BCUT2D eigenvalue weighted by atomic mass is 9.95. The highest BCUT2D eigenvalue weighted by Crippen LogP contribution is 2.34. The number of carbonyl (C=O) groups is 1. The summed E-state index contributed by atoms with van der Waals surface area (Å²) >= 11 is 0. The van der Waals surface area contributed by atoms with Gasteiger partial charge in [0.1, 0.15) is 5.82 Å². The maximum atomic E-state index is 12.3. The Hall–Kier alpha value is -1.41. The third-order valence-corrected chi connectivity index (χ3v) is 5.12. The summed E-state index contributed by atoms with van der Waals surface area (Å²) < 4.78 is 27.2. The van der Waals surface area contributed by atoms with Crippen LogP contribution in [-0.2, 0) is 21.2 Å². The van der Waals surface area contributed by atoms with Crippen LogP contribution in [0.4, 0.5) is 0 Å². The number of carboxylic acids is 1. The molecule has 8 heteroatoms. The molecule has 1 heterocycles. The molecular formula is C12H19N3O4S. The van der Waals surface area contributed by atoms with E-state index in [2.05, 4.69) is 14.7 Å². The van der Waals surface area contributed by atoms with Crippen LogP contribution < -0.4 is 4.72 Å². The summed E-state index contributed by atoms with van der Waals surface area (Å²) in [6.07, 6.45) is 4.44. The van der Waals surface area contributed by atoms with Crippen LogP contribution in [0.5, 0.6) is 0 Å². The fraction of sp³-hybridized carbons (Fsp3) is 0.667. The molecule has 3 N–H and O–H groups in total. The van der Waals surface area contributed by atoms with Gasteiger partial charge in [0.25, 0.3) is 10.0 Å². The summed E-state index contributed by atoms with van der Waals surface area (Å²) in [6, 6.07) is 0. The molecule has 112 valence electrons. The zero-order valence-corrected chi connectivity index (χ0v) is 12.2. The molecule has 0 saturated heterocycles. The molecule has 1 aromatic heterocycles. The molecule has 2 rings (SSSR count). The van der Waals surface area contributed by atoms with E-state index in [1.54, 1.807) is 0 Å². The molecule has 20 heavy (non-hydrogen) atoms. The van der Waals surface area contributed by atoms with Crippen molar-refractivity contribution in [3.63, 3.8) is 0 Å². The molecule has 0 aliphatic heterocycles. The predicted molar refractivity (Wildman–Crippen MR) is 71.7 cm³/mol. The Morgan fingerprint density at radius 1 is 1.50 bits per heavy atom. The Morgan fingerprint density at radius 2 is 2.15 bits per heavy atom. The van der Waals surface area contributed by atoms with Crippen molar-refractivity contribution in [2.75, 3.05) is 0 Å². The predicted octanol–water partition coefficient (Wildman–Crippen LogP) is 1.04. The first-order chi connectivity index (χ1) is 9.37. The number of aliphatic carboxylic acids is 1. The van der Waals surface area contributed by atoms with Gasteiger partial charge < -0.3 is 10.1 Å². The molecular weight excluding hydrogens is 282 g/mol. The van der Waals surface area contributed by atoms with Gasteiger partial charge in [-0.3, -0.25) is 4.79 Å². The molecule has 7 nitrogen and oxygen atoms in total. The van der Waals surface area contributed by atoms with Crippen LogP contribution in [0.25, 0.3) is 0 Å². The lowest BCUT2D eigenvalue weighted by molar-refractivity contribution is -0.138. The number of aromatic nitrogens is 2. The number of hydrogen-bond acceptors (Lipinski definition) is 4. The largest absolute Gasteiger partial charge is 0.481 e. The van der Waals surface area contributed by atoms with Gasteiger partial charge in [-0.05, 0) is 12.8 Å². The molecule has 0 spiro atoms. The first-order valence-electron chi connectivity index (χ1n) is 6.66. The van der Waals surface area contributed by atoms with Crippen LogP contribution in [0.3, 0.4) is 0 Å². The Bertz CT molecular complexity index is 588. The van der Waals surface area contributed by atoms with E-state index in [0.717, 1.165) is 12.8 Å². The van der Waals surface area contributed by atoms with E-state index in [4.69, 9.17) is 5.11 Å². The normalized spacial score (nSPS) is 18.2. The summed E-state index contributed by atoms with van der Waals surface area (Å²) in [5.41, 5.74) is -0.873. The minimum Gasteiger partial charge on any atom is -0.481 e. The third kappa shape index (κ3) is 3.18. The van der Waals surface area contributed by atoms with Crippen molar-refractivity contribution >= 4 is 16.0 Å². The lowest BCUT2D eigenvalue weighted by Gasteiger charge is -2.27. The van der Waals surface area contributed by atoms with Gasteiger partial charge in [-0.1, -0.05) is 19.8 Å². The molecule has 1 aliphatic carbocycles. The molecule has 0 atom stereocenters. The van der Waals surface area contributed by atoms with Gasteiger partial charge in [0.2, 0.25) is 0 Å². The number of rotatable bonds is 6. The van der Waals surface area contributed by atoms with Crippen molar-refractivity contribution in [1.82, 2.24) is 14.7 Å². The molecule has 0 aromatic carbocycles. The molecule has 1 aliphatic rings. The Kier molecular flexibility index (Phi) is 4.14. The Morgan fingerprint density at radius 3 is 2.65 bits per heavy atom. The van der Waals surface area contributed by atoms with Gasteiger partial charge in [0.15, 0.2) is 5.03 Å². The molecule has 1 fully saturated rings. The van der Waals surface area contributed by atoms with E-state index in [9.17, 15) is 13.2 Å². The first-order valence-corrected chi connectivity index (χ1v) is 8.15. The van der Waals surface area contributed by atoms with Crippen LogP contribution in [-0.4, -0.2) is 35.0 Å². The lowest BCUT2D eigenvalue weighted by Crippen LogP contribution is -2.47. The monoisotopic (exact) mass is 301 g/mol. The van der Waals surface area contributed by atoms with Gasteiger partial charge in [-0.15, -0.1) is 0 Å². The van der Waals surface area contributed by atoms with E-state index in [1.807, 2.05) is 6.92 Å². The molecule has 1 aromatic rings. The highest BCUT2D eigenvalue weighted by atomic mass is 32.2. The number of sulfonamides is 1. The summed E-state index contributed by atoms with van der Waals surface area (Å²) in [5.74, 6) is -0.405. The maximum Gasteiger partial charge on any atom is 0.305 e. The molecule has 0 unspecified atom stereocenters. The second-order valence-corrected chi connectivity index (χ2v) is 6.86. The number of aryl methyl sites for hydroxylation is 1. The van der Waals surface area contributed by atoms with Crippen molar-refractivity contribution in [3.8, 4) is 0 Å². The quantitative estimate of drug-likeness (QED) is 0.726. The number of H-pyrrole nitrogens is 1. The summed E-state index contributed by atoms with van der Waals surface area (Å²) in [5, 5.41) is 8.99. The number of nitrogens with one attached hydrogen (secondary N) is 2. The second kappa shape index (κ2) is 5.53. The van der Waals surface area contributed by atoms with Crippen molar-refractivity contribution < 1.29 is 18.3 Å². The Labute approximate surface area is 117 Å². The highest BCUT2D eigenvalue weighted by Gasteiger charge is 2.40. The van der Waals surface area contributed by atoms with Crippen LogP contribution >= 0.6 is 0 Å². The second-order valence-electron chi connectivity index (χ2n) is 5.21. The van der Waals surface area contributed by atoms with E-state index >= 15 is 0 Å². The molecule has 0 amide bonds. The Balaban J connectivity index is 2.23. The molecule has 1 saturated carbocycles. The van der Waals surface area contributed by atoms with Crippen LogP contribution in [0.2, 0.25) is 0 Å². The smallest absolute Gasteiger partial charge is 0.305 e. The fourth-order valence-corrected chi connectivity index (χ4v) is 4.06. The van der Waals surface area contributed by atoms with Crippen LogP contribution in [0, 0.1) is 0 Å². The number of imidazole rings is 1. The number of nitrogens with zero attached hydrogens (tertiary/aromatic N) is 1. The average molecular weight is 301 g/mol. The molecule has 0 bridgehead atoms. The van der Waals surface area contributed by atoms with Crippen molar-refractivity contribution in [3.05, 3.63) is 12.0 Å². The van der Waals surface area contributed by atoms with E-state index < -0.39 is 21.5 Å². The van der Waals surface area contributed by atoms with Crippen molar-refractivity contribution in [2.24, 2.45) is 0 Å². The minimum atomic E-state index is -3.77. The van der Waals surface area contributed by atoms with Crippen LogP contribution in [0.15, 0.2) is 11.2 Å². The highest BCUT2D eigenvalue weighted by molar-refractivity contribution is 7.89. The van der Waals surface area contributed by atoms with E-state index in [-0.39, 0.29) is 11.4 Å². The van der Waals surface area contributed by atoms with E-state index in [0.29, 0.717) is 25.1 Å². The fourth-order valence-electron chi connectivity index (χ4n) is 2.66. The SMILES string of the molecule is CCc1ncc(S(=O)(=O)NC2(CC(=O)O)CCCC2)[nH]1. The van der Waals surface area contributed by atoms with Crippen molar-refractivity contribution in [2.45, 2.75) is 56.0 Å². The van der Waals surface area contributed by atoms with Crippen LogP contribution in [0.1, 0.15) is 44.9 Å². The average Bonchev–Trinajstić information content (AvgIpc) is 2.96. The number of aromatic amines is 1. The van der Waals surface area contributed by atoms with Gasteiger partial charge in [0.05, 0.1) is 12.6 Å². The summed E-state index contributed by atoms with van der Waals surface area (Å²) in [7, 11) is -3.77. The summed E-state index contributed by atoms with van der Waals surface area (Å²) in [6.45, 7) is 1.87. The summed E-state index contributed by atoms with van der Waals surface area (Å²) in [4.78, 5) is 17.7. The third-order valence-electron chi connectivity index (χ3n) is 3.63. The zero-order chi connectivity index (χ0) is 14.8. The van der Waals surface area contributed by atoms with Gasteiger partial charge >= 0.3 is 5.97 Å². The van der Waals surface area contributed by atoms with Gasteiger partial charge in [0, 0.05) is 12.0 Å². The zero-order valence-electron chi connectivity index (χ0n) is 11.3. The van der Waals surface area contributed by atoms with Gasteiger partial charge in [-0.2, -0.15) is 0 Å². The number of carboxylic acid groups (broad SMARTS) is 1. The minimum absolute atomic E-state index is 0.00832. The van der Waals surface area contributed by atoms with Crippen molar-refractivity contribution in [1.29, 1.82) is 0 Å². The standard InChI is InChI=1S/C12H19N3O4S/c1-2-9-13-8-10(14-9)20(18,19)15-12(7-11(16)17)5-3-4-6-12/h8,15H,2-7H2,1H3,(H,13,14)(H,16,17). The maximum absolute atomic E-state index is 12.3.